The number of rotatable bonds is 13. The summed E-state index contributed by atoms with van der Waals surface area (Å²) < 4.78 is 18.4. The Kier molecular flexibility index (Phi) is 12.9. The zero-order valence-corrected chi connectivity index (χ0v) is 31.5. The van der Waals surface area contributed by atoms with Crippen LogP contribution in [0.4, 0.5) is 0 Å². The number of nitriles is 1. The second kappa shape index (κ2) is 18.3. The van der Waals surface area contributed by atoms with Crippen molar-refractivity contribution >= 4 is 45.6 Å². The van der Waals surface area contributed by atoms with Crippen LogP contribution in [0.1, 0.15) is 33.4 Å². The molecule has 1 amide bonds. The van der Waals surface area contributed by atoms with E-state index in [0.717, 1.165) is 46.4 Å². The zero-order valence-electron chi connectivity index (χ0n) is 29.1. The lowest BCUT2D eigenvalue weighted by molar-refractivity contribution is -0.127. The van der Waals surface area contributed by atoms with E-state index in [0.29, 0.717) is 60.1 Å². The number of pyridine rings is 2. The topological polar surface area (TPSA) is 101 Å². The SMILES string of the molecule is Cc1cc(/C=C/C(=O)N2CCN(Cc3ccc(/C=C/COc4ccc(Br)cn4)cc3)CC2)cc(Cl)c1Oc1ccc(OCc2ccc(C#N)cc2)cn1. The van der Waals surface area contributed by atoms with E-state index < -0.39 is 0 Å². The first-order valence-corrected chi connectivity index (χ1v) is 18.2. The normalized spacial score (nSPS) is 13.3. The van der Waals surface area contributed by atoms with Gasteiger partial charge in [-0.25, -0.2) is 9.97 Å². The number of ether oxygens (including phenoxy) is 3. The highest BCUT2D eigenvalue weighted by Gasteiger charge is 2.20. The van der Waals surface area contributed by atoms with E-state index in [4.69, 9.17) is 31.1 Å². The second-order valence-electron chi connectivity index (χ2n) is 12.4. The summed E-state index contributed by atoms with van der Waals surface area (Å²) in [5.74, 6) is 2.02. The molecule has 6 rings (SSSR count). The first-order valence-electron chi connectivity index (χ1n) is 17.1. The first kappa shape index (κ1) is 37.3. The van der Waals surface area contributed by atoms with Crippen LogP contribution in [0.5, 0.6) is 23.3 Å². The molecule has 11 heteroatoms. The number of nitrogens with zero attached hydrogens (tertiary/aromatic N) is 5. The average molecular weight is 791 g/mol. The minimum atomic E-state index is -0.0273. The van der Waals surface area contributed by atoms with Gasteiger partial charge in [0.05, 0.1) is 22.9 Å². The number of aryl methyl sites for hydroxylation is 1. The van der Waals surface area contributed by atoms with Crippen LogP contribution in [-0.4, -0.2) is 58.5 Å². The molecule has 1 aliphatic heterocycles. The molecule has 0 saturated carbocycles. The maximum absolute atomic E-state index is 13.0. The smallest absolute Gasteiger partial charge is 0.246 e. The van der Waals surface area contributed by atoms with Crippen molar-refractivity contribution in [3.05, 3.63) is 152 Å². The Morgan fingerprint density at radius 1 is 0.868 bits per heavy atom. The van der Waals surface area contributed by atoms with E-state index in [-0.39, 0.29) is 5.91 Å². The van der Waals surface area contributed by atoms with Gasteiger partial charge >= 0.3 is 0 Å². The molecule has 0 radical (unpaired) electrons. The number of piperazine rings is 1. The highest BCUT2D eigenvalue weighted by atomic mass is 79.9. The lowest BCUT2D eigenvalue weighted by atomic mass is 10.1. The summed E-state index contributed by atoms with van der Waals surface area (Å²) in [5.41, 5.74) is 5.50. The predicted molar refractivity (Wildman–Crippen MR) is 210 cm³/mol. The molecule has 0 unspecified atom stereocenters. The molecular formula is C42H37BrClN5O4. The molecule has 5 aromatic rings. The van der Waals surface area contributed by atoms with Crippen LogP contribution in [0.15, 0.2) is 114 Å². The van der Waals surface area contributed by atoms with Gasteiger partial charge in [-0.15, -0.1) is 0 Å². The van der Waals surface area contributed by atoms with E-state index in [1.165, 1.54) is 5.56 Å². The first-order chi connectivity index (χ1) is 25.8. The van der Waals surface area contributed by atoms with Crippen molar-refractivity contribution in [2.45, 2.75) is 20.1 Å². The average Bonchev–Trinajstić information content (AvgIpc) is 3.18. The Labute approximate surface area is 322 Å². The number of carbonyl (C=O) groups is 1. The summed E-state index contributed by atoms with van der Waals surface area (Å²) in [7, 11) is 0. The van der Waals surface area contributed by atoms with Gasteiger partial charge in [0.25, 0.3) is 0 Å². The fraction of sp³-hybridized carbons (Fsp3) is 0.190. The van der Waals surface area contributed by atoms with Gasteiger partial charge < -0.3 is 19.1 Å². The van der Waals surface area contributed by atoms with Crippen LogP contribution < -0.4 is 14.2 Å². The Morgan fingerprint density at radius 3 is 2.28 bits per heavy atom. The van der Waals surface area contributed by atoms with Crippen molar-refractivity contribution in [3.8, 4) is 29.3 Å². The largest absolute Gasteiger partial charge is 0.487 e. The lowest BCUT2D eigenvalue weighted by Gasteiger charge is -2.34. The number of aromatic nitrogens is 2. The van der Waals surface area contributed by atoms with Gasteiger partial charge in [-0.2, -0.15) is 5.26 Å². The summed E-state index contributed by atoms with van der Waals surface area (Å²) >= 11 is 9.99. The van der Waals surface area contributed by atoms with Crippen molar-refractivity contribution in [3.63, 3.8) is 0 Å². The lowest BCUT2D eigenvalue weighted by Crippen LogP contribution is -2.47. The monoisotopic (exact) mass is 789 g/mol. The van der Waals surface area contributed by atoms with Crippen molar-refractivity contribution in [2.75, 3.05) is 32.8 Å². The molecule has 1 fully saturated rings. The van der Waals surface area contributed by atoms with Crippen molar-refractivity contribution in [1.29, 1.82) is 5.26 Å². The predicted octanol–water partition coefficient (Wildman–Crippen LogP) is 8.89. The van der Waals surface area contributed by atoms with Crippen molar-refractivity contribution in [1.82, 2.24) is 19.8 Å². The molecule has 0 bridgehead atoms. The molecule has 1 aliphatic rings. The molecule has 53 heavy (non-hydrogen) atoms. The van der Waals surface area contributed by atoms with Crippen LogP contribution >= 0.6 is 27.5 Å². The van der Waals surface area contributed by atoms with Gasteiger partial charge in [0.15, 0.2) is 5.75 Å². The van der Waals surface area contributed by atoms with Gasteiger partial charge in [0.2, 0.25) is 17.7 Å². The van der Waals surface area contributed by atoms with Crippen LogP contribution in [-0.2, 0) is 17.9 Å². The van der Waals surface area contributed by atoms with Crippen LogP contribution in [0.2, 0.25) is 5.02 Å². The second-order valence-corrected chi connectivity index (χ2v) is 13.7. The maximum Gasteiger partial charge on any atom is 0.246 e. The van der Waals surface area contributed by atoms with Crippen molar-refractivity contribution in [2.24, 2.45) is 0 Å². The van der Waals surface area contributed by atoms with Gasteiger partial charge in [-0.1, -0.05) is 54.1 Å². The molecular weight excluding hydrogens is 754 g/mol. The number of amides is 1. The molecule has 2 aromatic heterocycles. The van der Waals surface area contributed by atoms with Gasteiger partial charge in [-0.3, -0.25) is 9.69 Å². The summed E-state index contributed by atoms with van der Waals surface area (Å²) in [4.78, 5) is 25.9. The third-order valence-electron chi connectivity index (χ3n) is 8.48. The Hall–Kier alpha value is -5.47. The number of halogens is 2. The van der Waals surface area contributed by atoms with Gasteiger partial charge in [-0.05, 0) is 99.2 Å². The van der Waals surface area contributed by atoms with Crippen LogP contribution in [0.3, 0.4) is 0 Å². The molecule has 3 aromatic carbocycles. The quantitative estimate of drug-likeness (QED) is 0.109. The van der Waals surface area contributed by atoms with E-state index in [2.05, 4.69) is 61.1 Å². The van der Waals surface area contributed by atoms with E-state index >= 15 is 0 Å². The Balaban J connectivity index is 0.929. The van der Waals surface area contributed by atoms with Crippen molar-refractivity contribution < 1.29 is 19.0 Å². The summed E-state index contributed by atoms with van der Waals surface area (Å²) in [6, 6.07) is 28.7. The molecule has 3 heterocycles. The third kappa shape index (κ3) is 11.0. The summed E-state index contributed by atoms with van der Waals surface area (Å²) in [6.07, 6.45) is 10.7. The standard InChI is InChI=1S/C42H37BrClN5O4/c1-30-23-35(24-38(44)42(30)53-40-16-14-37(27-47-40)52-29-34-10-6-32(25-45)7-11-34)12-17-41(50)49-20-18-48(19-21-49)28-33-8-4-31(5-9-33)3-2-22-51-39-15-13-36(43)26-46-39/h2-17,23-24,26-27H,18-22,28-29H2,1H3/b3-2+,17-12+. The fourth-order valence-electron chi connectivity index (χ4n) is 5.60. The number of hydrogen-bond acceptors (Lipinski definition) is 8. The third-order valence-corrected chi connectivity index (χ3v) is 9.23. The molecule has 0 aliphatic carbocycles. The zero-order chi connectivity index (χ0) is 37.0. The minimum absolute atomic E-state index is 0.0273. The molecule has 0 spiro atoms. The fourth-order valence-corrected chi connectivity index (χ4v) is 6.15. The number of carbonyl (C=O) groups excluding carboxylic acids is 1. The highest BCUT2D eigenvalue weighted by molar-refractivity contribution is 9.10. The molecule has 9 nitrogen and oxygen atoms in total. The summed E-state index contributed by atoms with van der Waals surface area (Å²) in [5, 5.41) is 9.37. The molecule has 1 saturated heterocycles. The molecule has 0 N–H and O–H groups in total. The van der Waals surface area contributed by atoms with Gasteiger partial charge in [0.1, 0.15) is 19.0 Å². The van der Waals surface area contributed by atoms with Crippen LogP contribution in [0, 0.1) is 18.3 Å². The maximum atomic E-state index is 13.0. The highest BCUT2D eigenvalue weighted by Crippen LogP contribution is 2.34. The Bertz CT molecular complexity index is 2070. The summed E-state index contributed by atoms with van der Waals surface area (Å²) in [6.45, 7) is 6.46. The van der Waals surface area contributed by atoms with E-state index in [1.54, 1.807) is 54.9 Å². The minimum Gasteiger partial charge on any atom is -0.487 e. The number of benzene rings is 3. The van der Waals surface area contributed by atoms with Crippen LogP contribution in [0.25, 0.3) is 12.2 Å². The Morgan fingerprint density at radius 2 is 1.60 bits per heavy atom. The molecule has 0 atom stereocenters. The van der Waals surface area contributed by atoms with E-state index in [1.807, 2.05) is 54.3 Å². The number of hydrogen-bond donors (Lipinski definition) is 0. The van der Waals surface area contributed by atoms with E-state index in [9.17, 15) is 4.79 Å². The molecule has 268 valence electrons. The van der Waals surface area contributed by atoms with Gasteiger partial charge in [0, 0.05) is 61.6 Å².